The fraction of sp³-hybridized carbons (Fsp3) is 0. The Balaban J connectivity index is 0.000000379. The Kier molecular flexibility index (Phi) is 20.9. The van der Waals surface area contributed by atoms with Gasteiger partial charge in [-0.25, -0.2) is 0 Å². The molecule has 0 atom stereocenters. The molecule has 0 aliphatic heterocycles. The zero-order valence-electron chi connectivity index (χ0n) is 24.9. The molecule has 1 radical (unpaired) electrons. The van der Waals surface area contributed by atoms with Crippen molar-refractivity contribution in [1.29, 1.82) is 0 Å². The Morgan fingerprint density at radius 1 is 0.244 bits per heavy atom. The van der Waals surface area contributed by atoms with Gasteiger partial charge >= 0.3 is 0 Å². The third-order valence-electron chi connectivity index (χ3n) is 6.09. The summed E-state index contributed by atoms with van der Waals surface area (Å²) in [6, 6.07) is 64.7. The number of benzene rings is 6. The van der Waals surface area contributed by atoms with Crippen LogP contribution in [-0.4, -0.2) is 20.4 Å². The third kappa shape index (κ3) is 12.4. The molecule has 0 heterocycles. The maximum Gasteiger partial charge on any atom is 0.106 e. The van der Waals surface area contributed by atoms with Crippen molar-refractivity contribution >= 4 is 68.0 Å². The number of carbonyl (C=O) groups excluding carboxylic acids is 3. The summed E-state index contributed by atoms with van der Waals surface area (Å²) in [7, 11) is -0.892. The van der Waals surface area contributed by atoms with Crippen LogP contribution in [0, 0.1) is 0 Å². The van der Waals surface area contributed by atoms with E-state index in [9.17, 15) is 0 Å². The number of rotatable bonds is 6. The van der Waals surface area contributed by atoms with Crippen LogP contribution < -0.4 is 31.8 Å². The molecule has 6 rings (SSSR count). The standard InChI is InChI=1S/2C18H15P.3CH2O.Ir/c2*1-4-10-16(11-5-1)19(17-12-6-2-7-13-17)18-14-8-3-9-15-18;3*1-2;/h2*1-15H;3*1H2;. The second-order valence-electron chi connectivity index (χ2n) is 8.68. The summed E-state index contributed by atoms with van der Waals surface area (Å²) in [5.41, 5.74) is 0. The van der Waals surface area contributed by atoms with Gasteiger partial charge in [0.25, 0.3) is 0 Å². The Morgan fingerprint density at radius 2 is 0.356 bits per heavy atom. The van der Waals surface area contributed by atoms with Gasteiger partial charge in [-0.3, -0.25) is 0 Å². The molecule has 0 unspecified atom stereocenters. The maximum atomic E-state index is 8.00. The monoisotopic (exact) mass is 807 g/mol. The van der Waals surface area contributed by atoms with Crippen molar-refractivity contribution in [3.8, 4) is 0 Å². The van der Waals surface area contributed by atoms with E-state index in [0.29, 0.717) is 0 Å². The molecule has 0 fully saturated rings. The van der Waals surface area contributed by atoms with Crippen molar-refractivity contribution in [1.82, 2.24) is 0 Å². The van der Waals surface area contributed by atoms with E-state index in [4.69, 9.17) is 14.4 Å². The summed E-state index contributed by atoms with van der Waals surface area (Å²) in [5.74, 6) is 0. The van der Waals surface area contributed by atoms with Crippen LogP contribution in [0.3, 0.4) is 0 Å². The molecule has 0 aliphatic carbocycles. The molecule has 0 amide bonds. The molecule has 0 spiro atoms. The van der Waals surface area contributed by atoms with Crippen LogP contribution >= 0.6 is 15.8 Å². The molecular weight excluding hydrogens is 771 g/mol. The van der Waals surface area contributed by atoms with Gasteiger partial charge in [-0.2, -0.15) is 0 Å². The van der Waals surface area contributed by atoms with Crippen molar-refractivity contribution < 1.29 is 34.5 Å². The first kappa shape index (κ1) is 38.9. The van der Waals surface area contributed by atoms with E-state index in [1.54, 1.807) is 0 Å². The molecule has 0 bridgehead atoms. The van der Waals surface area contributed by atoms with Crippen molar-refractivity contribution in [3.05, 3.63) is 182 Å². The second kappa shape index (κ2) is 24.2. The van der Waals surface area contributed by atoms with Crippen LogP contribution in [0.5, 0.6) is 0 Å². The Hall–Kier alpha value is -4.16. The average Bonchev–Trinajstić information content (AvgIpc) is 3.14. The van der Waals surface area contributed by atoms with Gasteiger partial charge in [-0.05, 0) is 47.7 Å². The predicted molar refractivity (Wildman–Crippen MR) is 192 cm³/mol. The van der Waals surface area contributed by atoms with E-state index < -0.39 is 15.8 Å². The summed E-state index contributed by atoms with van der Waals surface area (Å²) in [6.07, 6.45) is 0. The fourth-order valence-electron chi connectivity index (χ4n) is 4.36. The van der Waals surface area contributed by atoms with E-state index in [1.165, 1.54) is 31.8 Å². The minimum Gasteiger partial charge on any atom is -0.307 e. The molecule has 0 saturated heterocycles. The Labute approximate surface area is 283 Å². The van der Waals surface area contributed by atoms with E-state index >= 15 is 0 Å². The molecule has 6 aromatic carbocycles. The van der Waals surface area contributed by atoms with Gasteiger partial charge in [-0.15, -0.1) is 0 Å². The first-order chi connectivity index (χ1) is 21.9. The molecule has 3 nitrogen and oxygen atoms in total. The maximum absolute atomic E-state index is 8.00. The van der Waals surface area contributed by atoms with Gasteiger partial charge in [0, 0.05) is 20.1 Å². The van der Waals surface area contributed by atoms with E-state index in [1.807, 2.05) is 20.4 Å². The van der Waals surface area contributed by atoms with Crippen LogP contribution in [-0.2, 0) is 34.5 Å². The van der Waals surface area contributed by atoms with Gasteiger partial charge < -0.3 is 14.4 Å². The van der Waals surface area contributed by atoms with Crippen molar-refractivity contribution in [3.63, 3.8) is 0 Å². The minimum atomic E-state index is -0.446. The molecule has 0 aromatic heterocycles. The third-order valence-corrected chi connectivity index (χ3v) is 11.0. The normalized spacial score (nSPS) is 9.20. The van der Waals surface area contributed by atoms with Crippen LogP contribution in [0.4, 0.5) is 0 Å². The number of carbonyl (C=O) groups is 3. The average molecular weight is 807 g/mol. The van der Waals surface area contributed by atoms with Gasteiger partial charge in [0.2, 0.25) is 0 Å². The Bertz CT molecular complexity index is 1230. The minimum absolute atomic E-state index is 0. The molecule has 0 saturated carbocycles. The Morgan fingerprint density at radius 3 is 0.467 bits per heavy atom. The predicted octanol–water partition coefficient (Wildman–Crippen LogP) is 6.33. The first-order valence-corrected chi connectivity index (χ1v) is 16.4. The molecule has 6 heteroatoms. The van der Waals surface area contributed by atoms with Crippen molar-refractivity contribution in [2.75, 3.05) is 0 Å². The second-order valence-corrected chi connectivity index (χ2v) is 13.1. The summed E-state index contributed by atoms with van der Waals surface area (Å²) < 4.78 is 0. The van der Waals surface area contributed by atoms with E-state index in [0.717, 1.165) is 0 Å². The smallest absolute Gasteiger partial charge is 0.106 e. The topological polar surface area (TPSA) is 51.2 Å². The summed E-state index contributed by atoms with van der Waals surface area (Å²) in [5, 5.41) is 8.39. The molecule has 6 aromatic rings. The van der Waals surface area contributed by atoms with Gasteiger partial charge in [0.1, 0.15) is 20.4 Å². The molecular formula is C39H36IrO3P2. The SMILES string of the molecule is C=O.C=O.C=O.[Ir].c1ccc(P(c2ccccc2)c2ccccc2)cc1.c1ccc(P(c2ccccc2)c2ccccc2)cc1. The van der Waals surface area contributed by atoms with Crippen molar-refractivity contribution in [2.45, 2.75) is 0 Å². The summed E-state index contributed by atoms with van der Waals surface area (Å²) in [4.78, 5) is 24.0. The van der Waals surface area contributed by atoms with Gasteiger partial charge in [-0.1, -0.05) is 182 Å². The zero-order valence-corrected chi connectivity index (χ0v) is 29.1. The molecule has 45 heavy (non-hydrogen) atoms. The summed E-state index contributed by atoms with van der Waals surface area (Å²) >= 11 is 0. The first-order valence-electron chi connectivity index (χ1n) is 13.7. The molecule has 0 N–H and O–H groups in total. The number of hydrogen-bond donors (Lipinski definition) is 0. The van der Waals surface area contributed by atoms with Crippen LogP contribution in [0.2, 0.25) is 0 Å². The van der Waals surface area contributed by atoms with Gasteiger partial charge in [0.05, 0.1) is 0 Å². The van der Waals surface area contributed by atoms with E-state index in [2.05, 4.69) is 182 Å². The quantitative estimate of drug-likeness (QED) is 0.185. The van der Waals surface area contributed by atoms with Crippen molar-refractivity contribution in [2.24, 2.45) is 0 Å². The van der Waals surface area contributed by atoms with Crippen LogP contribution in [0.1, 0.15) is 0 Å². The summed E-state index contributed by atoms with van der Waals surface area (Å²) in [6.45, 7) is 6.00. The van der Waals surface area contributed by atoms with Gasteiger partial charge in [0.15, 0.2) is 0 Å². The van der Waals surface area contributed by atoms with E-state index in [-0.39, 0.29) is 20.1 Å². The molecule has 0 aliphatic rings. The fourth-order valence-corrected chi connectivity index (χ4v) is 8.97. The van der Waals surface area contributed by atoms with Crippen LogP contribution in [0.15, 0.2) is 182 Å². The zero-order chi connectivity index (χ0) is 31.8. The largest absolute Gasteiger partial charge is 0.307 e. The number of hydrogen-bond acceptors (Lipinski definition) is 3. The molecule has 229 valence electrons. The van der Waals surface area contributed by atoms with Crippen LogP contribution in [0.25, 0.3) is 0 Å².